The molecule has 8 nitrogen and oxygen atoms in total. The highest BCUT2D eigenvalue weighted by atomic mass is 32.1. The molecule has 3 amide bonds. The SMILES string of the molecule is COCCCNC(=O)c1c(NC(=O)C2CCN(C(=O)c3ccoc3)CC2)sc2c1CCCC2. The molecule has 9 heteroatoms. The smallest absolute Gasteiger partial charge is 0.257 e. The van der Waals surface area contributed by atoms with Crippen LogP contribution in [0.25, 0.3) is 0 Å². The Morgan fingerprint density at radius 3 is 2.73 bits per heavy atom. The molecule has 1 saturated heterocycles. The third-order valence-electron chi connectivity index (χ3n) is 6.37. The van der Waals surface area contributed by atoms with Crippen molar-refractivity contribution in [2.75, 3.05) is 38.7 Å². The lowest BCUT2D eigenvalue weighted by Crippen LogP contribution is -2.41. The van der Waals surface area contributed by atoms with Gasteiger partial charge in [0.1, 0.15) is 11.3 Å². The minimum Gasteiger partial charge on any atom is -0.472 e. The minimum absolute atomic E-state index is 0.0685. The topological polar surface area (TPSA) is 101 Å². The predicted molar refractivity (Wildman–Crippen MR) is 126 cm³/mol. The number of hydrogen-bond donors (Lipinski definition) is 2. The molecular weight excluding hydrogens is 442 g/mol. The first-order chi connectivity index (χ1) is 16.1. The molecule has 0 unspecified atom stereocenters. The van der Waals surface area contributed by atoms with Crippen LogP contribution in [0.3, 0.4) is 0 Å². The number of nitrogens with zero attached hydrogens (tertiary/aromatic N) is 1. The van der Waals surface area contributed by atoms with E-state index in [9.17, 15) is 14.4 Å². The summed E-state index contributed by atoms with van der Waals surface area (Å²) in [6.07, 6.45) is 8.86. The highest BCUT2D eigenvalue weighted by molar-refractivity contribution is 7.17. The van der Waals surface area contributed by atoms with E-state index in [1.807, 2.05) is 0 Å². The maximum absolute atomic E-state index is 13.1. The summed E-state index contributed by atoms with van der Waals surface area (Å²) in [5, 5.41) is 6.71. The first-order valence-corrected chi connectivity index (χ1v) is 12.4. The lowest BCUT2D eigenvalue weighted by molar-refractivity contribution is -0.121. The average Bonchev–Trinajstić information content (AvgIpc) is 3.49. The zero-order chi connectivity index (χ0) is 23.2. The second kappa shape index (κ2) is 11.0. The fourth-order valence-electron chi connectivity index (χ4n) is 4.53. The highest BCUT2D eigenvalue weighted by Crippen LogP contribution is 2.38. The predicted octanol–water partition coefficient (Wildman–Crippen LogP) is 3.48. The number of nitrogens with one attached hydrogen (secondary N) is 2. The molecule has 2 aromatic heterocycles. The number of ether oxygens (including phenoxy) is 1. The van der Waals surface area contributed by atoms with Crippen molar-refractivity contribution < 1.29 is 23.5 Å². The molecule has 0 aromatic carbocycles. The number of carbonyl (C=O) groups is 3. The summed E-state index contributed by atoms with van der Waals surface area (Å²) in [5.74, 6) is -0.449. The molecule has 2 aromatic rings. The normalized spacial score (nSPS) is 16.3. The second-order valence-electron chi connectivity index (χ2n) is 8.59. The van der Waals surface area contributed by atoms with Crippen LogP contribution in [-0.4, -0.2) is 56.0 Å². The Balaban J connectivity index is 1.40. The molecule has 0 saturated carbocycles. The number of furan rings is 1. The Morgan fingerprint density at radius 1 is 1.21 bits per heavy atom. The lowest BCUT2D eigenvalue weighted by Gasteiger charge is -2.31. The molecule has 1 fully saturated rings. The summed E-state index contributed by atoms with van der Waals surface area (Å²) in [5.41, 5.74) is 2.25. The van der Waals surface area contributed by atoms with Gasteiger partial charge in [0.25, 0.3) is 11.8 Å². The average molecular weight is 474 g/mol. The van der Waals surface area contributed by atoms with Crippen LogP contribution in [0.4, 0.5) is 5.00 Å². The number of methoxy groups -OCH3 is 1. The Kier molecular flexibility index (Phi) is 7.82. The minimum atomic E-state index is -0.185. The van der Waals surface area contributed by atoms with Gasteiger partial charge in [-0.1, -0.05) is 0 Å². The molecule has 33 heavy (non-hydrogen) atoms. The van der Waals surface area contributed by atoms with Gasteiger partial charge >= 0.3 is 0 Å². The number of aryl methyl sites for hydroxylation is 1. The molecule has 1 aliphatic carbocycles. The molecule has 2 N–H and O–H groups in total. The van der Waals surface area contributed by atoms with Crippen molar-refractivity contribution in [2.45, 2.75) is 44.9 Å². The monoisotopic (exact) mass is 473 g/mol. The number of amides is 3. The number of fused-ring (bicyclic) bond motifs is 1. The summed E-state index contributed by atoms with van der Waals surface area (Å²) in [7, 11) is 1.64. The number of anilines is 1. The summed E-state index contributed by atoms with van der Waals surface area (Å²) in [6, 6.07) is 1.65. The van der Waals surface area contributed by atoms with E-state index >= 15 is 0 Å². The fourth-order valence-corrected chi connectivity index (χ4v) is 5.82. The van der Waals surface area contributed by atoms with Crippen molar-refractivity contribution in [1.29, 1.82) is 0 Å². The summed E-state index contributed by atoms with van der Waals surface area (Å²) < 4.78 is 10.1. The van der Waals surface area contributed by atoms with Crippen LogP contribution in [-0.2, 0) is 22.4 Å². The van der Waals surface area contributed by atoms with E-state index in [2.05, 4.69) is 10.6 Å². The summed E-state index contributed by atoms with van der Waals surface area (Å²) >= 11 is 1.54. The van der Waals surface area contributed by atoms with Gasteiger partial charge in [-0.25, -0.2) is 0 Å². The van der Waals surface area contributed by atoms with Crippen molar-refractivity contribution in [1.82, 2.24) is 10.2 Å². The molecule has 0 spiro atoms. The first kappa shape index (κ1) is 23.5. The van der Waals surface area contributed by atoms with E-state index in [1.54, 1.807) is 18.1 Å². The number of thiophene rings is 1. The van der Waals surface area contributed by atoms with Crippen molar-refractivity contribution in [3.05, 3.63) is 40.2 Å². The van der Waals surface area contributed by atoms with Gasteiger partial charge in [-0.05, 0) is 56.6 Å². The van der Waals surface area contributed by atoms with Gasteiger partial charge in [-0.3, -0.25) is 14.4 Å². The largest absolute Gasteiger partial charge is 0.472 e. The van der Waals surface area contributed by atoms with Gasteiger partial charge in [-0.15, -0.1) is 11.3 Å². The maximum atomic E-state index is 13.1. The molecule has 3 heterocycles. The van der Waals surface area contributed by atoms with Gasteiger partial charge in [-0.2, -0.15) is 0 Å². The van der Waals surface area contributed by atoms with Crippen LogP contribution in [0.2, 0.25) is 0 Å². The van der Waals surface area contributed by atoms with Crippen LogP contribution in [0.1, 0.15) is 63.3 Å². The number of rotatable bonds is 8. The number of carbonyl (C=O) groups excluding carboxylic acids is 3. The third kappa shape index (κ3) is 5.47. The van der Waals surface area contributed by atoms with Crippen molar-refractivity contribution in [2.24, 2.45) is 5.92 Å². The van der Waals surface area contributed by atoms with Crippen molar-refractivity contribution >= 4 is 34.1 Å². The lowest BCUT2D eigenvalue weighted by atomic mass is 9.94. The van der Waals surface area contributed by atoms with Gasteiger partial charge < -0.3 is 24.7 Å². The zero-order valence-corrected chi connectivity index (χ0v) is 19.8. The Hall–Kier alpha value is -2.65. The van der Waals surface area contributed by atoms with E-state index in [0.717, 1.165) is 37.7 Å². The molecule has 1 aliphatic heterocycles. The second-order valence-corrected chi connectivity index (χ2v) is 9.69. The van der Waals surface area contributed by atoms with Crippen molar-refractivity contribution in [3.63, 3.8) is 0 Å². The van der Waals surface area contributed by atoms with Gasteiger partial charge in [0.15, 0.2) is 0 Å². The molecule has 2 aliphatic rings. The number of likely N-dealkylation sites (tertiary alicyclic amines) is 1. The number of hydrogen-bond acceptors (Lipinski definition) is 6. The molecular formula is C24H31N3O5S. The van der Waals surface area contributed by atoms with Gasteiger partial charge in [0.2, 0.25) is 5.91 Å². The van der Waals surface area contributed by atoms with Gasteiger partial charge in [0.05, 0.1) is 17.4 Å². The summed E-state index contributed by atoms with van der Waals surface area (Å²) in [6.45, 7) is 2.17. The van der Waals surface area contributed by atoms with Crippen LogP contribution >= 0.6 is 11.3 Å². The third-order valence-corrected chi connectivity index (χ3v) is 7.57. The zero-order valence-electron chi connectivity index (χ0n) is 19.0. The highest BCUT2D eigenvalue weighted by Gasteiger charge is 2.31. The van der Waals surface area contributed by atoms with Crippen LogP contribution in [0.15, 0.2) is 23.0 Å². The quantitative estimate of drug-likeness (QED) is 0.572. The van der Waals surface area contributed by atoms with Crippen molar-refractivity contribution in [3.8, 4) is 0 Å². The molecule has 0 atom stereocenters. The van der Waals surface area contributed by atoms with E-state index in [-0.39, 0.29) is 23.6 Å². The van der Waals surface area contributed by atoms with E-state index in [1.165, 1.54) is 28.7 Å². The molecule has 0 bridgehead atoms. The molecule has 0 radical (unpaired) electrons. The number of piperidine rings is 1. The summed E-state index contributed by atoms with van der Waals surface area (Å²) in [4.78, 5) is 41.6. The Morgan fingerprint density at radius 2 is 2.00 bits per heavy atom. The Labute approximate surface area is 197 Å². The van der Waals surface area contributed by atoms with Crippen LogP contribution < -0.4 is 10.6 Å². The van der Waals surface area contributed by atoms with Crippen LogP contribution in [0, 0.1) is 5.92 Å². The Bertz CT molecular complexity index is 977. The fraction of sp³-hybridized carbons (Fsp3) is 0.542. The van der Waals surface area contributed by atoms with E-state index < -0.39 is 0 Å². The molecule has 178 valence electrons. The maximum Gasteiger partial charge on any atom is 0.257 e. The van der Waals surface area contributed by atoms with E-state index in [4.69, 9.17) is 9.15 Å². The van der Waals surface area contributed by atoms with Gasteiger partial charge in [0, 0.05) is 44.1 Å². The van der Waals surface area contributed by atoms with Crippen LogP contribution in [0.5, 0.6) is 0 Å². The first-order valence-electron chi connectivity index (χ1n) is 11.6. The molecule has 4 rings (SSSR count). The van der Waals surface area contributed by atoms with E-state index in [0.29, 0.717) is 55.2 Å². The standard InChI is InChI=1S/C24H31N3O5S/c1-31-13-4-10-25-22(29)20-18-5-2-3-6-19(18)33-23(20)26-21(28)16-7-11-27(12-8-16)24(30)17-9-14-32-15-17/h9,14-16H,2-8,10-13H2,1H3,(H,25,29)(H,26,28).